The van der Waals surface area contributed by atoms with Gasteiger partial charge in [0, 0.05) is 12.3 Å². The maximum absolute atomic E-state index is 13.2. The van der Waals surface area contributed by atoms with Crippen LogP contribution in [0.5, 0.6) is 0 Å². The highest BCUT2D eigenvalue weighted by atomic mass is 19.4. The van der Waals surface area contributed by atoms with Crippen molar-refractivity contribution in [2.24, 2.45) is 0 Å². The fraction of sp³-hybridized carbons (Fsp3) is 0.435. The molecule has 0 aromatic carbocycles. The number of nitrogens with one attached hydrogen (secondary N) is 1. The predicted molar refractivity (Wildman–Crippen MR) is 120 cm³/mol. The first-order valence-corrected chi connectivity index (χ1v) is 10.9. The minimum atomic E-state index is -4.54. The third-order valence-electron chi connectivity index (χ3n) is 6.53. The number of anilines is 2. The Bertz CT molecular complexity index is 1310. The van der Waals surface area contributed by atoms with Gasteiger partial charge in [-0.05, 0) is 52.2 Å². The van der Waals surface area contributed by atoms with E-state index in [2.05, 4.69) is 26.6 Å². The smallest absolute Gasteiger partial charge is 0.383 e. The summed E-state index contributed by atoms with van der Waals surface area (Å²) in [7, 11) is 0. The molecule has 3 N–H and O–H groups in total. The molecule has 3 aromatic rings. The second-order valence-electron chi connectivity index (χ2n) is 9.52. The van der Waals surface area contributed by atoms with Crippen LogP contribution in [0.1, 0.15) is 63.3 Å². The molecule has 1 fully saturated rings. The number of halogens is 3. The van der Waals surface area contributed by atoms with Crippen LogP contribution >= 0.6 is 0 Å². The lowest BCUT2D eigenvalue weighted by atomic mass is 9.89. The van der Waals surface area contributed by atoms with Gasteiger partial charge in [-0.3, -0.25) is 9.78 Å². The SMILES string of the molecule is CC(C(=O)Nc1cc(C(C)(C)C(F)(F)F)on1)c1ccc(-c2nn(C3(C)CC3)c(N)c2C#N)nc1. The third-order valence-corrected chi connectivity index (χ3v) is 6.53. The highest BCUT2D eigenvalue weighted by Crippen LogP contribution is 2.45. The molecule has 184 valence electrons. The van der Waals surface area contributed by atoms with Crippen molar-refractivity contribution in [3.8, 4) is 17.5 Å². The molecule has 3 aromatic heterocycles. The van der Waals surface area contributed by atoms with Crippen LogP contribution in [0.4, 0.5) is 24.8 Å². The highest BCUT2D eigenvalue weighted by Gasteiger charge is 2.51. The van der Waals surface area contributed by atoms with E-state index in [4.69, 9.17) is 10.3 Å². The molecule has 1 atom stereocenters. The Morgan fingerprint density at radius 2 is 2.03 bits per heavy atom. The zero-order valence-electron chi connectivity index (χ0n) is 19.6. The first kappa shape index (κ1) is 24.3. The minimum absolute atomic E-state index is 0.119. The van der Waals surface area contributed by atoms with E-state index in [1.165, 1.54) is 6.20 Å². The molecule has 1 amide bonds. The molecule has 1 saturated carbocycles. The molecular formula is C23H24F3N7O2. The summed E-state index contributed by atoms with van der Waals surface area (Å²) < 4.78 is 46.1. The van der Waals surface area contributed by atoms with Crippen LogP contribution in [0.3, 0.4) is 0 Å². The summed E-state index contributed by atoms with van der Waals surface area (Å²) in [6.45, 7) is 5.57. The molecule has 12 heteroatoms. The predicted octanol–water partition coefficient (Wildman–Crippen LogP) is 4.48. The van der Waals surface area contributed by atoms with Crippen LogP contribution in [-0.4, -0.2) is 32.0 Å². The molecule has 1 unspecified atom stereocenters. The van der Waals surface area contributed by atoms with Crippen LogP contribution < -0.4 is 11.1 Å². The van der Waals surface area contributed by atoms with Gasteiger partial charge in [-0.2, -0.15) is 23.5 Å². The van der Waals surface area contributed by atoms with E-state index < -0.39 is 29.2 Å². The minimum Gasteiger partial charge on any atom is -0.383 e. The van der Waals surface area contributed by atoms with Crippen LogP contribution in [0.2, 0.25) is 0 Å². The van der Waals surface area contributed by atoms with Crippen LogP contribution in [0.25, 0.3) is 11.4 Å². The number of aromatic nitrogens is 4. The molecule has 0 spiro atoms. The normalized spacial score (nSPS) is 15.9. The molecule has 3 heterocycles. The molecule has 1 aliphatic carbocycles. The topological polar surface area (TPSA) is 136 Å². The zero-order valence-corrected chi connectivity index (χ0v) is 19.6. The number of nitrogens with zero attached hydrogens (tertiary/aromatic N) is 5. The number of nitriles is 1. The number of nitrogens with two attached hydrogens (primary N) is 1. The van der Waals surface area contributed by atoms with Crippen molar-refractivity contribution in [3.05, 3.63) is 41.3 Å². The van der Waals surface area contributed by atoms with Crippen molar-refractivity contribution in [1.82, 2.24) is 19.9 Å². The Balaban J connectivity index is 1.50. The molecule has 0 radical (unpaired) electrons. The van der Waals surface area contributed by atoms with Gasteiger partial charge >= 0.3 is 6.18 Å². The van der Waals surface area contributed by atoms with Gasteiger partial charge in [0.25, 0.3) is 0 Å². The van der Waals surface area contributed by atoms with Crippen molar-refractivity contribution in [1.29, 1.82) is 5.26 Å². The van der Waals surface area contributed by atoms with Crippen molar-refractivity contribution in [2.75, 3.05) is 11.1 Å². The van der Waals surface area contributed by atoms with Gasteiger partial charge in [-0.1, -0.05) is 11.2 Å². The quantitative estimate of drug-likeness (QED) is 0.523. The number of alkyl halides is 3. The van der Waals surface area contributed by atoms with E-state index in [-0.39, 0.29) is 16.9 Å². The number of carbonyl (C=O) groups is 1. The Morgan fingerprint density at radius 1 is 1.34 bits per heavy atom. The Morgan fingerprint density at radius 3 is 2.57 bits per heavy atom. The fourth-order valence-corrected chi connectivity index (χ4v) is 3.48. The third kappa shape index (κ3) is 4.22. The Kier molecular flexibility index (Phi) is 5.62. The fourth-order valence-electron chi connectivity index (χ4n) is 3.48. The number of hydrogen-bond acceptors (Lipinski definition) is 7. The summed E-state index contributed by atoms with van der Waals surface area (Å²) in [5.74, 6) is -1.44. The maximum Gasteiger partial charge on any atom is 0.401 e. The Labute approximate surface area is 199 Å². The highest BCUT2D eigenvalue weighted by molar-refractivity contribution is 5.94. The second-order valence-corrected chi connectivity index (χ2v) is 9.52. The summed E-state index contributed by atoms with van der Waals surface area (Å²) in [5.41, 5.74) is 5.27. The van der Waals surface area contributed by atoms with E-state index in [9.17, 15) is 23.2 Å². The summed E-state index contributed by atoms with van der Waals surface area (Å²) in [6, 6.07) is 6.46. The summed E-state index contributed by atoms with van der Waals surface area (Å²) in [6.07, 6.45) is -1.22. The molecule has 35 heavy (non-hydrogen) atoms. The van der Waals surface area contributed by atoms with Gasteiger partial charge in [-0.25, -0.2) is 4.68 Å². The number of nitrogen functional groups attached to an aromatic ring is 1. The molecule has 4 rings (SSSR count). The number of carbonyl (C=O) groups excluding carboxylic acids is 1. The van der Waals surface area contributed by atoms with Gasteiger partial charge in [0.2, 0.25) is 5.91 Å². The zero-order chi connectivity index (χ0) is 25.8. The standard InChI is InChI=1S/C23H24F3N7O2/c1-12(20(34)30-17-9-16(35-32-17)21(2,3)23(24,25)26)13-5-6-15(29-11-13)18-14(10-27)19(28)33(31-18)22(4)7-8-22/h5-6,9,11-12H,7-8,28H2,1-4H3,(H,30,32,34). The molecule has 9 nitrogen and oxygen atoms in total. The number of pyridine rings is 1. The van der Waals surface area contributed by atoms with E-state index in [1.54, 1.807) is 23.7 Å². The average Bonchev–Trinajstić information content (AvgIpc) is 3.21. The molecular weight excluding hydrogens is 463 g/mol. The lowest BCUT2D eigenvalue weighted by Crippen LogP contribution is -2.35. The van der Waals surface area contributed by atoms with Crippen molar-refractivity contribution in [2.45, 2.75) is 63.6 Å². The molecule has 0 aliphatic heterocycles. The van der Waals surface area contributed by atoms with Crippen molar-refractivity contribution >= 4 is 17.5 Å². The lowest BCUT2D eigenvalue weighted by Gasteiger charge is -2.24. The van der Waals surface area contributed by atoms with Gasteiger partial charge in [0.1, 0.15) is 28.6 Å². The average molecular weight is 487 g/mol. The largest absolute Gasteiger partial charge is 0.401 e. The van der Waals surface area contributed by atoms with Crippen molar-refractivity contribution < 1.29 is 22.5 Å². The molecule has 0 saturated heterocycles. The molecule has 0 bridgehead atoms. The van der Waals surface area contributed by atoms with E-state index in [0.29, 0.717) is 22.8 Å². The number of hydrogen-bond donors (Lipinski definition) is 2. The monoisotopic (exact) mass is 487 g/mol. The van der Waals surface area contributed by atoms with E-state index >= 15 is 0 Å². The van der Waals surface area contributed by atoms with Gasteiger partial charge < -0.3 is 15.6 Å². The van der Waals surface area contributed by atoms with Crippen LogP contribution in [0.15, 0.2) is 28.9 Å². The Hall–Kier alpha value is -3.88. The first-order valence-electron chi connectivity index (χ1n) is 10.9. The summed E-state index contributed by atoms with van der Waals surface area (Å²) >= 11 is 0. The number of amides is 1. The van der Waals surface area contributed by atoms with Gasteiger partial charge in [-0.15, -0.1) is 0 Å². The van der Waals surface area contributed by atoms with Crippen molar-refractivity contribution in [3.63, 3.8) is 0 Å². The van der Waals surface area contributed by atoms with Gasteiger partial charge in [0.15, 0.2) is 11.6 Å². The first-order chi connectivity index (χ1) is 16.3. The van der Waals surface area contributed by atoms with E-state index in [1.807, 2.05) is 6.92 Å². The molecule has 1 aliphatic rings. The maximum atomic E-state index is 13.2. The lowest BCUT2D eigenvalue weighted by molar-refractivity contribution is -0.185. The number of rotatable bonds is 6. The van der Waals surface area contributed by atoms with E-state index in [0.717, 1.165) is 32.8 Å². The van der Waals surface area contributed by atoms with Gasteiger partial charge in [0.05, 0.1) is 17.2 Å². The van der Waals surface area contributed by atoms with Crippen LogP contribution in [0, 0.1) is 11.3 Å². The summed E-state index contributed by atoms with van der Waals surface area (Å²) in [5, 5.41) is 20.1. The second kappa shape index (κ2) is 8.11. The summed E-state index contributed by atoms with van der Waals surface area (Å²) in [4.78, 5) is 17.0. The van der Waals surface area contributed by atoms with Crippen LogP contribution in [-0.2, 0) is 15.7 Å².